The molecule has 1 amide bonds. The van der Waals surface area contributed by atoms with Crippen molar-refractivity contribution in [2.24, 2.45) is 5.92 Å². The molecule has 0 bridgehead atoms. The molecule has 0 atom stereocenters. The molecule has 0 spiro atoms. The number of esters is 1. The summed E-state index contributed by atoms with van der Waals surface area (Å²) < 4.78 is 4.76. The van der Waals surface area contributed by atoms with Crippen LogP contribution < -0.4 is 15.8 Å². The van der Waals surface area contributed by atoms with Gasteiger partial charge in [-0.05, 0) is 31.0 Å². The number of hydrogen-bond acceptors (Lipinski definition) is 9. The second-order valence-corrected chi connectivity index (χ2v) is 7.48. The van der Waals surface area contributed by atoms with E-state index in [2.05, 4.69) is 20.8 Å². The summed E-state index contributed by atoms with van der Waals surface area (Å²) >= 11 is 11.8. The lowest BCUT2D eigenvalue weighted by molar-refractivity contribution is -0.383. The first-order chi connectivity index (χ1) is 14.8. The molecule has 0 unspecified atom stereocenters. The summed E-state index contributed by atoms with van der Waals surface area (Å²) in [5, 5.41) is 12.2. The molecule has 1 fully saturated rings. The summed E-state index contributed by atoms with van der Waals surface area (Å²) in [6, 6.07) is 4.32. The van der Waals surface area contributed by atoms with Crippen LogP contribution in [-0.4, -0.2) is 47.0 Å². The van der Waals surface area contributed by atoms with Crippen molar-refractivity contribution in [1.82, 2.24) is 15.4 Å². The van der Waals surface area contributed by atoms with E-state index in [1.807, 2.05) is 0 Å². The molecule has 1 aliphatic heterocycles. The number of anilines is 2. The van der Waals surface area contributed by atoms with Crippen molar-refractivity contribution in [3.05, 3.63) is 50.2 Å². The van der Waals surface area contributed by atoms with Gasteiger partial charge in [0.1, 0.15) is 6.33 Å². The Morgan fingerprint density at radius 3 is 2.58 bits per heavy atom. The fraction of sp³-hybridized carbons (Fsp3) is 0.333. The van der Waals surface area contributed by atoms with E-state index in [0.29, 0.717) is 31.0 Å². The van der Waals surface area contributed by atoms with Crippen LogP contribution in [0.2, 0.25) is 10.0 Å². The zero-order valence-corrected chi connectivity index (χ0v) is 17.8. The van der Waals surface area contributed by atoms with Crippen molar-refractivity contribution in [2.45, 2.75) is 12.8 Å². The highest BCUT2D eigenvalue weighted by atomic mass is 35.5. The number of aromatic nitrogens is 2. The Labute approximate surface area is 186 Å². The number of piperidine rings is 1. The van der Waals surface area contributed by atoms with Crippen molar-refractivity contribution in [3.8, 4) is 0 Å². The number of methoxy groups -OCH3 is 1. The molecule has 1 aliphatic rings. The Balaban J connectivity index is 1.77. The molecule has 2 heterocycles. The highest BCUT2D eigenvalue weighted by Crippen LogP contribution is 2.34. The maximum atomic E-state index is 12.4. The van der Waals surface area contributed by atoms with Gasteiger partial charge in [0.25, 0.3) is 5.91 Å². The van der Waals surface area contributed by atoms with Crippen LogP contribution in [-0.2, 0) is 9.53 Å². The fourth-order valence-electron chi connectivity index (χ4n) is 3.21. The van der Waals surface area contributed by atoms with Gasteiger partial charge < -0.3 is 9.64 Å². The van der Waals surface area contributed by atoms with Crippen molar-refractivity contribution in [3.63, 3.8) is 0 Å². The van der Waals surface area contributed by atoms with E-state index in [-0.39, 0.29) is 34.1 Å². The molecule has 2 aromatic rings. The number of nitrogens with one attached hydrogen (secondary N) is 2. The number of hydrogen-bond donors (Lipinski definition) is 2. The Kier molecular flexibility index (Phi) is 7.08. The third-order valence-corrected chi connectivity index (χ3v) is 5.33. The summed E-state index contributed by atoms with van der Waals surface area (Å²) in [5.41, 5.74) is 4.53. The number of halogens is 2. The molecule has 31 heavy (non-hydrogen) atoms. The number of nitrogens with zero attached hydrogens (tertiary/aromatic N) is 4. The van der Waals surface area contributed by atoms with Crippen LogP contribution in [0.5, 0.6) is 0 Å². The van der Waals surface area contributed by atoms with Gasteiger partial charge in [-0.15, -0.1) is 0 Å². The predicted molar refractivity (Wildman–Crippen MR) is 113 cm³/mol. The van der Waals surface area contributed by atoms with E-state index in [9.17, 15) is 19.7 Å². The lowest BCUT2D eigenvalue weighted by Gasteiger charge is -2.31. The second kappa shape index (κ2) is 9.75. The first-order valence-corrected chi connectivity index (χ1v) is 9.91. The van der Waals surface area contributed by atoms with E-state index in [0.717, 1.165) is 6.33 Å². The summed E-state index contributed by atoms with van der Waals surface area (Å²) in [4.78, 5) is 44.8. The first kappa shape index (κ1) is 22.5. The summed E-state index contributed by atoms with van der Waals surface area (Å²) in [7, 11) is 1.33. The smallest absolute Gasteiger partial charge is 0.355 e. The Bertz CT molecular complexity index is 1010. The molecular weight excluding hydrogens is 451 g/mol. The molecule has 11 nitrogen and oxygen atoms in total. The van der Waals surface area contributed by atoms with Gasteiger partial charge in [-0.3, -0.25) is 30.6 Å². The number of carbonyl (C=O) groups is 2. The molecule has 0 saturated carbocycles. The third-order valence-electron chi connectivity index (χ3n) is 4.78. The molecule has 13 heteroatoms. The zero-order chi connectivity index (χ0) is 22.5. The van der Waals surface area contributed by atoms with Crippen LogP contribution in [0.15, 0.2) is 24.5 Å². The minimum atomic E-state index is -0.633. The molecule has 1 saturated heterocycles. The van der Waals surface area contributed by atoms with Gasteiger partial charge >= 0.3 is 11.7 Å². The highest BCUT2D eigenvalue weighted by molar-refractivity contribution is 6.36. The Hall–Kier alpha value is -3.18. The van der Waals surface area contributed by atoms with Gasteiger partial charge in [-0.2, -0.15) is 0 Å². The maximum Gasteiger partial charge on any atom is 0.355 e. The summed E-state index contributed by atoms with van der Waals surface area (Å²) in [6.45, 7) is 0.758. The number of rotatable bonds is 6. The normalized spacial score (nSPS) is 14.1. The first-order valence-electron chi connectivity index (χ1n) is 9.15. The van der Waals surface area contributed by atoms with E-state index >= 15 is 0 Å². The number of amides is 1. The number of benzene rings is 1. The van der Waals surface area contributed by atoms with Gasteiger partial charge in [0.2, 0.25) is 11.6 Å². The number of hydrazine groups is 1. The van der Waals surface area contributed by atoms with Gasteiger partial charge in [0, 0.05) is 18.1 Å². The third kappa shape index (κ3) is 5.12. The van der Waals surface area contributed by atoms with Gasteiger partial charge in [-0.1, -0.05) is 23.2 Å². The van der Waals surface area contributed by atoms with Crippen LogP contribution in [0.3, 0.4) is 0 Å². The Morgan fingerprint density at radius 1 is 1.26 bits per heavy atom. The topological polar surface area (TPSA) is 140 Å². The molecule has 3 rings (SSSR count). The maximum absolute atomic E-state index is 12.4. The fourth-order valence-corrected chi connectivity index (χ4v) is 3.71. The van der Waals surface area contributed by atoms with Gasteiger partial charge in [-0.25, -0.2) is 9.97 Å². The van der Waals surface area contributed by atoms with Crippen molar-refractivity contribution in [1.29, 1.82) is 0 Å². The average molecular weight is 469 g/mol. The minimum Gasteiger partial charge on any atom is -0.469 e. The summed E-state index contributed by atoms with van der Waals surface area (Å²) in [5.74, 6) is -1.30. The monoisotopic (exact) mass is 468 g/mol. The standard InChI is InChI=1S/C18H18Cl2N6O5/c1-31-18(28)10-4-6-25(7-5-10)16-14(26(29)30)15(21-9-22-16)23-24-17(27)12-3-2-11(19)8-13(12)20/h2-3,8-10H,4-7H2,1H3,(H,24,27)(H,21,22,23). The van der Waals surface area contributed by atoms with Gasteiger partial charge in [0.05, 0.1) is 28.5 Å². The lowest BCUT2D eigenvalue weighted by atomic mass is 9.97. The largest absolute Gasteiger partial charge is 0.469 e. The quantitative estimate of drug-likeness (QED) is 0.371. The Morgan fingerprint density at radius 2 is 1.97 bits per heavy atom. The van der Waals surface area contributed by atoms with Crippen LogP contribution >= 0.6 is 23.2 Å². The summed E-state index contributed by atoms with van der Waals surface area (Å²) in [6.07, 6.45) is 2.10. The minimum absolute atomic E-state index is 0.0876. The van der Waals surface area contributed by atoms with Crippen LogP contribution in [0.1, 0.15) is 23.2 Å². The van der Waals surface area contributed by atoms with Crippen molar-refractivity contribution in [2.75, 3.05) is 30.5 Å². The van der Waals surface area contributed by atoms with Crippen LogP contribution in [0.25, 0.3) is 0 Å². The number of nitro groups is 1. The lowest BCUT2D eigenvalue weighted by Crippen LogP contribution is -2.38. The predicted octanol–water partition coefficient (Wildman–Crippen LogP) is 2.84. The molecule has 2 N–H and O–H groups in total. The SMILES string of the molecule is COC(=O)C1CCN(c2ncnc(NNC(=O)c3ccc(Cl)cc3Cl)c2[N+](=O)[O-])CC1. The molecule has 1 aromatic carbocycles. The zero-order valence-electron chi connectivity index (χ0n) is 16.3. The molecule has 1 aromatic heterocycles. The molecule has 164 valence electrons. The number of ether oxygens (including phenoxy) is 1. The highest BCUT2D eigenvalue weighted by Gasteiger charge is 2.32. The van der Waals surface area contributed by atoms with E-state index in [1.54, 1.807) is 4.90 Å². The molecule has 0 radical (unpaired) electrons. The van der Waals surface area contributed by atoms with Gasteiger partial charge in [0.15, 0.2) is 0 Å². The number of carbonyl (C=O) groups excluding carboxylic acids is 2. The van der Waals surface area contributed by atoms with Crippen molar-refractivity contribution < 1.29 is 19.2 Å². The molecule has 0 aliphatic carbocycles. The van der Waals surface area contributed by atoms with E-state index in [4.69, 9.17) is 27.9 Å². The van der Waals surface area contributed by atoms with Crippen LogP contribution in [0.4, 0.5) is 17.3 Å². The van der Waals surface area contributed by atoms with E-state index in [1.165, 1.54) is 25.3 Å². The average Bonchev–Trinajstić information content (AvgIpc) is 2.76. The van der Waals surface area contributed by atoms with Crippen molar-refractivity contribution >= 4 is 52.4 Å². The second-order valence-electron chi connectivity index (χ2n) is 6.64. The molecular formula is C18H18Cl2N6O5. The van der Waals surface area contributed by atoms with Crippen LogP contribution in [0, 0.1) is 16.0 Å². The van der Waals surface area contributed by atoms with E-state index < -0.39 is 16.5 Å².